The predicted molar refractivity (Wildman–Crippen MR) is 127 cm³/mol. The number of sulfone groups is 1. The predicted octanol–water partition coefficient (Wildman–Crippen LogP) is 1.77. The minimum absolute atomic E-state index is 0. The standard InChI is InChI=1S/C19H34N4O3S.HI/c1-5-20-19(22-13-15-23(2)14-6-16-26-3)21-12-11-17-7-9-18(10-8-17)27(4,24)25;/h7-10H,5-6,11-16H2,1-4H3,(H2,20,21,22);1H. The van der Waals surface area contributed by atoms with Crippen molar-refractivity contribution in [2.75, 3.05) is 59.7 Å². The van der Waals surface area contributed by atoms with Crippen molar-refractivity contribution < 1.29 is 13.2 Å². The molecule has 1 aromatic rings. The topological polar surface area (TPSA) is 83.0 Å². The first-order valence-corrected chi connectivity index (χ1v) is 11.2. The van der Waals surface area contributed by atoms with E-state index >= 15 is 0 Å². The highest BCUT2D eigenvalue weighted by molar-refractivity contribution is 14.0. The molecule has 162 valence electrons. The molecule has 0 saturated carbocycles. The average molecular weight is 526 g/mol. The van der Waals surface area contributed by atoms with Crippen LogP contribution in [0.4, 0.5) is 0 Å². The largest absolute Gasteiger partial charge is 0.385 e. The van der Waals surface area contributed by atoms with Crippen LogP contribution in [0.5, 0.6) is 0 Å². The Morgan fingerprint density at radius 3 is 2.43 bits per heavy atom. The van der Waals surface area contributed by atoms with Crippen LogP contribution < -0.4 is 10.6 Å². The zero-order chi connectivity index (χ0) is 20.1. The van der Waals surface area contributed by atoms with Crippen LogP contribution in [-0.4, -0.2) is 79.0 Å². The molecule has 0 radical (unpaired) electrons. The highest BCUT2D eigenvalue weighted by Crippen LogP contribution is 2.10. The number of methoxy groups -OCH3 is 1. The molecular weight excluding hydrogens is 491 g/mol. The lowest BCUT2D eigenvalue weighted by Crippen LogP contribution is -2.39. The van der Waals surface area contributed by atoms with Crippen molar-refractivity contribution in [2.24, 2.45) is 4.99 Å². The highest BCUT2D eigenvalue weighted by Gasteiger charge is 2.06. The third-order valence-corrected chi connectivity index (χ3v) is 5.17. The third kappa shape index (κ3) is 11.8. The second-order valence-corrected chi connectivity index (χ2v) is 8.52. The second-order valence-electron chi connectivity index (χ2n) is 6.50. The van der Waals surface area contributed by atoms with Crippen molar-refractivity contribution in [1.82, 2.24) is 15.5 Å². The van der Waals surface area contributed by atoms with E-state index in [1.54, 1.807) is 19.2 Å². The Balaban J connectivity index is 0.00000729. The summed E-state index contributed by atoms with van der Waals surface area (Å²) in [5.74, 6) is 0.801. The zero-order valence-electron chi connectivity index (χ0n) is 17.4. The summed E-state index contributed by atoms with van der Waals surface area (Å²) in [6.07, 6.45) is 3.04. The molecule has 1 rings (SSSR count). The summed E-state index contributed by atoms with van der Waals surface area (Å²) < 4.78 is 28.1. The minimum atomic E-state index is -3.14. The van der Waals surface area contributed by atoms with E-state index in [0.717, 1.165) is 63.7 Å². The fraction of sp³-hybridized carbons (Fsp3) is 0.632. The first-order chi connectivity index (χ1) is 12.9. The van der Waals surface area contributed by atoms with Crippen molar-refractivity contribution in [2.45, 2.75) is 24.7 Å². The fourth-order valence-electron chi connectivity index (χ4n) is 2.49. The van der Waals surface area contributed by atoms with E-state index in [0.29, 0.717) is 4.90 Å². The lowest BCUT2D eigenvalue weighted by atomic mass is 10.1. The van der Waals surface area contributed by atoms with Crippen LogP contribution in [0.2, 0.25) is 0 Å². The van der Waals surface area contributed by atoms with Gasteiger partial charge in [-0.15, -0.1) is 24.0 Å². The summed E-state index contributed by atoms with van der Waals surface area (Å²) in [5, 5.41) is 6.57. The van der Waals surface area contributed by atoms with Crippen molar-refractivity contribution >= 4 is 39.8 Å². The van der Waals surface area contributed by atoms with Crippen LogP contribution in [0.3, 0.4) is 0 Å². The fourth-order valence-corrected chi connectivity index (χ4v) is 3.12. The number of hydrogen-bond acceptors (Lipinski definition) is 5. The molecule has 28 heavy (non-hydrogen) atoms. The summed E-state index contributed by atoms with van der Waals surface area (Å²) in [7, 11) is 0.668. The minimum Gasteiger partial charge on any atom is -0.385 e. The van der Waals surface area contributed by atoms with E-state index < -0.39 is 9.84 Å². The van der Waals surface area contributed by atoms with Crippen molar-refractivity contribution in [3.8, 4) is 0 Å². The first-order valence-electron chi connectivity index (χ1n) is 9.35. The second kappa shape index (κ2) is 15.0. The summed E-state index contributed by atoms with van der Waals surface area (Å²) in [4.78, 5) is 7.20. The van der Waals surface area contributed by atoms with Gasteiger partial charge in [-0.05, 0) is 44.5 Å². The number of rotatable bonds is 12. The van der Waals surface area contributed by atoms with Gasteiger partial charge in [0.2, 0.25) is 0 Å². The molecule has 0 spiro atoms. The molecule has 2 N–H and O–H groups in total. The molecule has 7 nitrogen and oxygen atoms in total. The number of benzene rings is 1. The molecule has 1 aromatic carbocycles. The SMILES string of the molecule is CCNC(=NCCN(C)CCCOC)NCCc1ccc(S(C)(=O)=O)cc1.I. The van der Waals surface area contributed by atoms with Gasteiger partial charge in [0.25, 0.3) is 0 Å². The van der Waals surface area contributed by atoms with Gasteiger partial charge >= 0.3 is 0 Å². The van der Waals surface area contributed by atoms with Gasteiger partial charge in [-0.3, -0.25) is 4.99 Å². The van der Waals surface area contributed by atoms with Gasteiger partial charge in [0.05, 0.1) is 11.4 Å². The number of hydrogen-bond donors (Lipinski definition) is 2. The molecule has 0 fully saturated rings. The number of ether oxygens (including phenoxy) is 1. The maximum Gasteiger partial charge on any atom is 0.191 e. The monoisotopic (exact) mass is 526 g/mol. The lowest BCUT2D eigenvalue weighted by molar-refractivity contribution is 0.180. The quantitative estimate of drug-likeness (QED) is 0.187. The Bertz CT molecular complexity index is 666. The van der Waals surface area contributed by atoms with Gasteiger partial charge in [0.15, 0.2) is 15.8 Å². The molecule has 0 unspecified atom stereocenters. The number of guanidine groups is 1. The van der Waals surface area contributed by atoms with E-state index in [2.05, 4.69) is 27.6 Å². The van der Waals surface area contributed by atoms with E-state index in [1.165, 1.54) is 6.26 Å². The summed E-state index contributed by atoms with van der Waals surface area (Å²) in [6, 6.07) is 7.03. The molecule has 0 bridgehead atoms. The van der Waals surface area contributed by atoms with Crippen molar-refractivity contribution in [3.05, 3.63) is 29.8 Å². The van der Waals surface area contributed by atoms with Crippen LogP contribution in [0, 0.1) is 0 Å². The van der Waals surface area contributed by atoms with Crippen LogP contribution in [0.15, 0.2) is 34.2 Å². The summed E-state index contributed by atoms with van der Waals surface area (Å²) in [6.45, 7) is 6.97. The van der Waals surface area contributed by atoms with Gasteiger partial charge in [0.1, 0.15) is 0 Å². The van der Waals surface area contributed by atoms with Crippen LogP contribution in [-0.2, 0) is 21.0 Å². The van der Waals surface area contributed by atoms with E-state index in [9.17, 15) is 8.42 Å². The average Bonchev–Trinajstić information content (AvgIpc) is 2.61. The Morgan fingerprint density at radius 2 is 1.86 bits per heavy atom. The zero-order valence-corrected chi connectivity index (χ0v) is 20.5. The van der Waals surface area contributed by atoms with Gasteiger partial charge in [-0.2, -0.15) is 0 Å². The van der Waals surface area contributed by atoms with Crippen LogP contribution in [0.1, 0.15) is 18.9 Å². The van der Waals surface area contributed by atoms with Gasteiger partial charge < -0.3 is 20.3 Å². The van der Waals surface area contributed by atoms with Crippen LogP contribution in [0.25, 0.3) is 0 Å². The van der Waals surface area contributed by atoms with Gasteiger partial charge in [-0.1, -0.05) is 12.1 Å². The number of halogens is 1. The van der Waals surface area contributed by atoms with Gasteiger partial charge in [0, 0.05) is 46.2 Å². The number of likely N-dealkylation sites (N-methyl/N-ethyl adjacent to an activating group) is 1. The molecule has 0 aliphatic carbocycles. The Morgan fingerprint density at radius 1 is 1.18 bits per heavy atom. The Kier molecular flexibility index (Phi) is 14.5. The normalized spacial score (nSPS) is 12.0. The third-order valence-electron chi connectivity index (χ3n) is 4.04. The molecule has 0 heterocycles. The number of aliphatic imine (C=N–C) groups is 1. The molecule has 0 aliphatic heterocycles. The Hall–Kier alpha value is -0.910. The van der Waals surface area contributed by atoms with E-state index in [4.69, 9.17) is 4.74 Å². The smallest absolute Gasteiger partial charge is 0.191 e. The lowest BCUT2D eigenvalue weighted by Gasteiger charge is -2.16. The van der Waals surface area contributed by atoms with Crippen molar-refractivity contribution in [3.63, 3.8) is 0 Å². The van der Waals surface area contributed by atoms with E-state index in [1.807, 2.05) is 19.1 Å². The summed E-state index contributed by atoms with van der Waals surface area (Å²) in [5.41, 5.74) is 1.09. The molecule has 0 aliphatic rings. The van der Waals surface area contributed by atoms with E-state index in [-0.39, 0.29) is 24.0 Å². The highest BCUT2D eigenvalue weighted by atomic mass is 127. The van der Waals surface area contributed by atoms with Crippen molar-refractivity contribution in [1.29, 1.82) is 0 Å². The molecule has 0 atom stereocenters. The Labute approximate surface area is 187 Å². The summed E-state index contributed by atoms with van der Waals surface area (Å²) >= 11 is 0. The molecular formula is C19H35IN4O3S. The number of nitrogens with zero attached hydrogens (tertiary/aromatic N) is 2. The molecule has 9 heteroatoms. The molecule has 0 amide bonds. The maximum atomic E-state index is 11.5. The number of nitrogens with one attached hydrogen (secondary N) is 2. The molecule has 0 saturated heterocycles. The molecule has 0 aromatic heterocycles. The van der Waals surface area contributed by atoms with Gasteiger partial charge in [-0.25, -0.2) is 8.42 Å². The van der Waals surface area contributed by atoms with Crippen LogP contribution >= 0.6 is 24.0 Å². The first kappa shape index (κ1) is 27.1. The maximum absolute atomic E-state index is 11.5.